The van der Waals surface area contributed by atoms with Gasteiger partial charge in [0.05, 0.1) is 0 Å². The summed E-state index contributed by atoms with van der Waals surface area (Å²) in [6.45, 7) is 0. The van der Waals surface area contributed by atoms with Crippen LogP contribution in [0.15, 0.2) is 56.9 Å². The number of thiophene rings is 1. The predicted octanol–water partition coefficient (Wildman–Crippen LogP) is 7.39. The van der Waals surface area contributed by atoms with Crippen molar-refractivity contribution in [2.75, 3.05) is 0 Å². The number of hydrogen-bond donors (Lipinski definition) is 0. The quantitative estimate of drug-likeness (QED) is 0.406. The first-order valence-electron chi connectivity index (χ1n) is 4.72. The Labute approximate surface area is 115 Å². The van der Waals surface area contributed by atoms with Crippen molar-refractivity contribution < 1.29 is 26.6 Å². The van der Waals surface area contributed by atoms with Gasteiger partial charge in [-0.05, 0) is 23.6 Å². The van der Waals surface area contributed by atoms with Crippen LogP contribution >= 0.6 is 30.9 Å². The summed E-state index contributed by atoms with van der Waals surface area (Å²) < 4.78 is 59.2. The molecule has 0 saturated heterocycles. The van der Waals surface area contributed by atoms with E-state index >= 15 is 0 Å². The molecule has 0 radical (unpaired) electrons. The molecule has 0 aliphatic rings. The van der Waals surface area contributed by atoms with Gasteiger partial charge in [0.1, 0.15) is 0 Å². The Morgan fingerprint density at radius 2 is 1.37 bits per heavy atom. The van der Waals surface area contributed by atoms with Gasteiger partial charge < -0.3 is 0 Å². The summed E-state index contributed by atoms with van der Waals surface area (Å²) in [5, 5.41) is 4.27. The molecular weight excluding hydrogens is 329 g/mol. The van der Waals surface area contributed by atoms with E-state index in [1.54, 1.807) is 23.1 Å². The van der Waals surface area contributed by atoms with Crippen LogP contribution in [-0.4, -0.2) is 0 Å². The van der Waals surface area contributed by atoms with E-state index in [0.29, 0.717) is 0 Å². The second-order valence-corrected chi connectivity index (χ2v) is 7.18. The molecule has 0 atom stereocenters. The van der Waals surface area contributed by atoms with Crippen LogP contribution in [0.1, 0.15) is 1.43 Å². The molecule has 19 heavy (non-hydrogen) atoms. The first-order chi connectivity index (χ1) is 8.40. The molecule has 0 fully saturated rings. The van der Waals surface area contributed by atoms with Crippen molar-refractivity contribution in [3.05, 3.63) is 47.2 Å². The first kappa shape index (κ1) is 16.3. The second kappa shape index (κ2) is 5.00. The summed E-state index contributed by atoms with van der Waals surface area (Å²) in [6, 6.07) is 12.6. The Bertz CT molecular complexity index is 500. The first-order valence-corrected chi connectivity index (χ1v) is 8.50. The zero-order chi connectivity index (χ0) is 14.6. The van der Waals surface area contributed by atoms with Crippen LogP contribution in [0, 0.1) is 0 Å². The molecule has 0 nitrogen and oxygen atoms in total. The van der Waals surface area contributed by atoms with Gasteiger partial charge in [-0.3, -0.25) is 0 Å². The fourth-order valence-electron chi connectivity index (χ4n) is 0.935. The number of rotatable bonds is 2. The molecule has 0 bridgehead atoms. The van der Waals surface area contributed by atoms with Gasteiger partial charge in [0.15, 0.2) is 0 Å². The third kappa shape index (κ3) is 12.1. The summed E-state index contributed by atoms with van der Waals surface area (Å²) in [4.78, 5) is 2.63. The van der Waals surface area contributed by atoms with Crippen LogP contribution in [0.5, 0.6) is 0 Å². The van der Waals surface area contributed by atoms with Gasteiger partial charge in [0.2, 0.25) is 0 Å². The summed E-state index contributed by atoms with van der Waals surface area (Å²) in [5.74, 6) is 0. The summed E-state index contributed by atoms with van der Waals surface area (Å²) in [6.07, 6.45) is 0. The van der Waals surface area contributed by atoms with Crippen molar-refractivity contribution >= 4 is 30.9 Å². The summed E-state index contributed by atoms with van der Waals surface area (Å²) in [5.41, 5.74) is 0. The molecule has 0 amide bonds. The molecule has 108 valence electrons. The molecule has 1 aromatic heterocycles. The molecule has 1 heterocycles. The molecular formula is C10H9F6PS2. The second-order valence-electron chi connectivity index (χ2n) is 3.33. The molecule has 0 unspecified atom stereocenters. The Balaban J connectivity index is 0.000000396. The topological polar surface area (TPSA) is 0 Å². The zero-order valence-electron chi connectivity index (χ0n) is 10.2. The fourth-order valence-corrected chi connectivity index (χ4v) is 2.60. The van der Waals surface area contributed by atoms with E-state index < -0.39 is 7.81 Å². The average Bonchev–Trinajstić information content (AvgIpc) is 2.67. The molecule has 0 aliphatic carbocycles. The van der Waals surface area contributed by atoms with Gasteiger partial charge in [0, 0.05) is 15.2 Å². The molecule has 2 aromatic rings. The molecule has 2 rings (SSSR count). The van der Waals surface area contributed by atoms with E-state index in [4.69, 9.17) is 0 Å². The Morgan fingerprint density at radius 1 is 0.842 bits per heavy atom. The predicted molar refractivity (Wildman–Crippen MR) is 69.6 cm³/mol. The van der Waals surface area contributed by atoms with Gasteiger partial charge >= 0.3 is 34.4 Å². The monoisotopic (exact) mass is 338 g/mol. The van der Waals surface area contributed by atoms with Gasteiger partial charge in [-0.25, -0.2) is 0 Å². The smallest absolute Gasteiger partial charge is 0.151 e. The summed E-state index contributed by atoms with van der Waals surface area (Å²) >= 11 is 3.54. The van der Waals surface area contributed by atoms with E-state index in [1.807, 2.05) is 6.07 Å². The van der Waals surface area contributed by atoms with Crippen molar-refractivity contribution in [1.82, 2.24) is 0 Å². The third-order valence-corrected chi connectivity index (χ3v) is 3.30. The van der Waals surface area contributed by atoms with Crippen LogP contribution < -0.4 is 0 Å². The summed E-state index contributed by atoms with van der Waals surface area (Å²) in [7, 11) is -10.7. The van der Waals surface area contributed by atoms with Crippen molar-refractivity contribution in [3.63, 3.8) is 0 Å². The van der Waals surface area contributed by atoms with E-state index in [-0.39, 0.29) is 1.43 Å². The van der Waals surface area contributed by atoms with E-state index in [2.05, 4.69) is 41.1 Å². The molecule has 0 N–H and O–H groups in total. The number of benzene rings is 1. The van der Waals surface area contributed by atoms with Crippen LogP contribution in [0.2, 0.25) is 0 Å². The maximum absolute atomic E-state index is 10.7. The van der Waals surface area contributed by atoms with Crippen molar-refractivity contribution in [1.29, 1.82) is 0 Å². The van der Waals surface area contributed by atoms with Crippen LogP contribution in [0.4, 0.5) is 25.2 Å². The SMILES string of the molecule is F[P-](F)(F)(F)(F)F.[H+].c1ccc(Sc2ccsc2)cc1. The number of hydrogen-bond acceptors (Lipinski definition) is 2. The molecule has 0 saturated carbocycles. The van der Waals surface area contributed by atoms with E-state index in [1.165, 1.54) is 9.79 Å². The van der Waals surface area contributed by atoms with Crippen molar-refractivity contribution in [2.45, 2.75) is 9.79 Å². The van der Waals surface area contributed by atoms with E-state index in [0.717, 1.165) is 0 Å². The minimum atomic E-state index is -10.7. The Morgan fingerprint density at radius 3 is 1.79 bits per heavy atom. The van der Waals surface area contributed by atoms with Crippen LogP contribution in [0.25, 0.3) is 0 Å². The minimum Gasteiger partial charge on any atom is -0.151 e. The standard InChI is InChI=1S/C10H8S2.F6P/c1-2-4-9(5-3-1)12-10-6-7-11-8-10;1-7(2,3,4,5)6/h1-8H;/q;-1/p+1. The minimum absolute atomic E-state index is 0. The maximum atomic E-state index is 9.87. The maximum Gasteiger partial charge on any atom is 1.00 e. The van der Waals surface area contributed by atoms with Crippen LogP contribution in [0.3, 0.4) is 0 Å². The molecule has 9 heteroatoms. The van der Waals surface area contributed by atoms with E-state index in [9.17, 15) is 25.2 Å². The van der Waals surface area contributed by atoms with Crippen LogP contribution in [-0.2, 0) is 0 Å². The fraction of sp³-hybridized carbons (Fsp3) is 0. The normalized spacial score (nSPS) is 14.8. The largest absolute Gasteiger partial charge is 1.00 e. The van der Waals surface area contributed by atoms with Gasteiger partial charge in [-0.15, -0.1) is 0 Å². The van der Waals surface area contributed by atoms with Crippen molar-refractivity contribution in [2.24, 2.45) is 0 Å². The Hall–Kier alpha value is -0.720. The third-order valence-electron chi connectivity index (χ3n) is 1.47. The number of halogens is 6. The molecule has 0 spiro atoms. The molecule has 0 aliphatic heterocycles. The van der Waals surface area contributed by atoms with Crippen molar-refractivity contribution in [3.8, 4) is 0 Å². The average molecular weight is 338 g/mol. The van der Waals surface area contributed by atoms with Gasteiger partial charge in [-0.2, -0.15) is 11.3 Å². The van der Waals surface area contributed by atoms with Gasteiger partial charge in [0.25, 0.3) is 0 Å². The Kier molecular flexibility index (Phi) is 4.29. The van der Waals surface area contributed by atoms with Gasteiger partial charge in [-0.1, -0.05) is 30.0 Å². The zero-order valence-corrected chi connectivity index (χ0v) is 11.7. The molecule has 1 aromatic carbocycles.